The van der Waals surface area contributed by atoms with Crippen molar-refractivity contribution in [3.05, 3.63) is 29.6 Å². The van der Waals surface area contributed by atoms with Gasteiger partial charge in [-0.2, -0.15) is 0 Å². The summed E-state index contributed by atoms with van der Waals surface area (Å²) in [6.45, 7) is 4.66. The van der Waals surface area contributed by atoms with Gasteiger partial charge in [-0.15, -0.1) is 0 Å². The normalized spacial score (nSPS) is 17.8. The topological polar surface area (TPSA) is 53.4 Å². The Bertz CT molecular complexity index is 395. The second-order valence-electron chi connectivity index (χ2n) is 4.90. The quantitative estimate of drug-likeness (QED) is 0.884. The highest BCUT2D eigenvalue weighted by Gasteiger charge is 2.24. The van der Waals surface area contributed by atoms with Gasteiger partial charge >= 0.3 is 5.97 Å². The molecule has 4 nitrogen and oxygen atoms in total. The zero-order chi connectivity index (χ0) is 13.0. The van der Waals surface area contributed by atoms with Crippen molar-refractivity contribution in [2.45, 2.75) is 32.7 Å². The molecule has 0 saturated carbocycles. The van der Waals surface area contributed by atoms with E-state index in [4.69, 9.17) is 5.11 Å². The first-order chi connectivity index (χ1) is 8.69. The Balaban J connectivity index is 1.85. The molecular weight excluding hydrogens is 228 g/mol. The van der Waals surface area contributed by atoms with E-state index in [-0.39, 0.29) is 5.92 Å². The molecule has 0 radical (unpaired) electrons. The number of likely N-dealkylation sites (tertiary alicyclic amines) is 1. The number of nitrogens with zero attached hydrogens (tertiary/aromatic N) is 2. The molecule has 18 heavy (non-hydrogen) atoms. The van der Waals surface area contributed by atoms with Crippen molar-refractivity contribution in [3.8, 4) is 0 Å². The smallest absolute Gasteiger partial charge is 0.306 e. The van der Waals surface area contributed by atoms with E-state index < -0.39 is 5.97 Å². The second-order valence-corrected chi connectivity index (χ2v) is 4.90. The highest BCUT2D eigenvalue weighted by atomic mass is 16.4. The third kappa shape index (κ3) is 3.29. The van der Waals surface area contributed by atoms with Crippen LogP contribution in [0, 0.1) is 5.92 Å². The van der Waals surface area contributed by atoms with Gasteiger partial charge in [0.15, 0.2) is 0 Å². The number of pyridine rings is 1. The highest BCUT2D eigenvalue weighted by Crippen LogP contribution is 2.18. The second kappa shape index (κ2) is 5.96. The zero-order valence-electron chi connectivity index (χ0n) is 10.8. The predicted molar refractivity (Wildman–Crippen MR) is 69.3 cm³/mol. The predicted octanol–water partition coefficient (Wildman–Crippen LogP) is 1.94. The van der Waals surface area contributed by atoms with Crippen molar-refractivity contribution in [1.29, 1.82) is 0 Å². The molecule has 0 bridgehead atoms. The number of aromatic nitrogens is 1. The molecule has 0 atom stereocenters. The van der Waals surface area contributed by atoms with E-state index >= 15 is 0 Å². The molecule has 1 fully saturated rings. The van der Waals surface area contributed by atoms with Crippen LogP contribution in [-0.4, -0.2) is 34.0 Å². The van der Waals surface area contributed by atoms with E-state index in [2.05, 4.69) is 28.9 Å². The summed E-state index contributed by atoms with van der Waals surface area (Å²) in [6.07, 6.45) is 4.45. The van der Waals surface area contributed by atoms with Crippen molar-refractivity contribution >= 4 is 5.97 Å². The van der Waals surface area contributed by atoms with Gasteiger partial charge in [-0.25, -0.2) is 0 Å². The van der Waals surface area contributed by atoms with Crippen molar-refractivity contribution < 1.29 is 9.90 Å². The Morgan fingerprint density at radius 1 is 1.44 bits per heavy atom. The van der Waals surface area contributed by atoms with Gasteiger partial charge < -0.3 is 5.11 Å². The summed E-state index contributed by atoms with van der Waals surface area (Å²) < 4.78 is 0. The molecule has 0 aromatic carbocycles. The van der Waals surface area contributed by atoms with Crippen LogP contribution < -0.4 is 0 Å². The summed E-state index contributed by atoms with van der Waals surface area (Å²) in [5.74, 6) is -0.809. The molecule has 0 amide bonds. The summed E-state index contributed by atoms with van der Waals surface area (Å²) in [5.41, 5.74) is 2.32. The summed E-state index contributed by atoms with van der Waals surface area (Å²) in [4.78, 5) is 17.6. The number of rotatable bonds is 4. The Hall–Kier alpha value is -1.42. The van der Waals surface area contributed by atoms with Crippen molar-refractivity contribution in [1.82, 2.24) is 9.88 Å². The van der Waals surface area contributed by atoms with Gasteiger partial charge in [0.2, 0.25) is 0 Å². The maximum absolute atomic E-state index is 10.9. The van der Waals surface area contributed by atoms with Crippen LogP contribution in [0.1, 0.15) is 31.0 Å². The molecule has 0 unspecified atom stereocenters. The van der Waals surface area contributed by atoms with Gasteiger partial charge in [0.05, 0.1) is 11.6 Å². The molecule has 1 aliphatic rings. The third-order valence-corrected chi connectivity index (χ3v) is 3.62. The van der Waals surface area contributed by atoms with E-state index in [0.29, 0.717) is 0 Å². The van der Waals surface area contributed by atoms with Crippen LogP contribution in [0.4, 0.5) is 0 Å². The van der Waals surface area contributed by atoms with Crippen LogP contribution >= 0.6 is 0 Å². The van der Waals surface area contributed by atoms with E-state index in [1.165, 1.54) is 5.56 Å². The molecule has 4 heteroatoms. The Morgan fingerprint density at radius 2 is 2.17 bits per heavy atom. The van der Waals surface area contributed by atoms with Crippen molar-refractivity contribution in [2.75, 3.05) is 13.1 Å². The first-order valence-electron chi connectivity index (χ1n) is 6.58. The summed E-state index contributed by atoms with van der Waals surface area (Å²) in [5, 5.41) is 8.94. The monoisotopic (exact) mass is 248 g/mol. The minimum absolute atomic E-state index is 0.156. The van der Waals surface area contributed by atoms with Gasteiger partial charge in [0, 0.05) is 12.7 Å². The van der Waals surface area contributed by atoms with Gasteiger partial charge in [-0.05, 0) is 44.0 Å². The minimum atomic E-state index is -0.653. The van der Waals surface area contributed by atoms with Gasteiger partial charge in [-0.3, -0.25) is 14.7 Å². The number of carboxylic acids is 1. The minimum Gasteiger partial charge on any atom is -0.481 e. The number of carboxylic acid groups (broad SMARTS) is 1. The van der Waals surface area contributed by atoms with Gasteiger partial charge in [-0.1, -0.05) is 13.0 Å². The van der Waals surface area contributed by atoms with E-state index in [9.17, 15) is 4.79 Å². The fraction of sp³-hybridized carbons (Fsp3) is 0.571. The molecule has 1 aromatic heterocycles. The molecule has 0 aliphatic carbocycles. The van der Waals surface area contributed by atoms with Crippen LogP contribution in [0.3, 0.4) is 0 Å². The molecule has 1 saturated heterocycles. The number of hydrogen-bond acceptors (Lipinski definition) is 3. The lowest BCUT2D eigenvalue weighted by Gasteiger charge is -2.29. The van der Waals surface area contributed by atoms with Crippen LogP contribution in [0.5, 0.6) is 0 Å². The lowest BCUT2D eigenvalue weighted by molar-refractivity contribution is -0.143. The number of aryl methyl sites for hydroxylation is 1. The summed E-state index contributed by atoms with van der Waals surface area (Å²) >= 11 is 0. The zero-order valence-corrected chi connectivity index (χ0v) is 10.8. The first-order valence-corrected chi connectivity index (χ1v) is 6.58. The molecule has 2 heterocycles. The number of aliphatic carboxylic acids is 1. The lowest BCUT2D eigenvalue weighted by atomic mass is 9.97. The van der Waals surface area contributed by atoms with Crippen molar-refractivity contribution in [3.63, 3.8) is 0 Å². The third-order valence-electron chi connectivity index (χ3n) is 3.62. The average Bonchev–Trinajstić information content (AvgIpc) is 2.40. The fourth-order valence-electron chi connectivity index (χ4n) is 2.32. The van der Waals surface area contributed by atoms with E-state index in [1.807, 2.05) is 6.20 Å². The first kappa shape index (κ1) is 13.0. The molecule has 98 valence electrons. The maximum Gasteiger partial charge on any atom is 0.306 e. The molecule has 2 rings (SSSR count). The van der Waals surface area contributed by atoms with Crippen LogP contribution in [0.25, 0.3) is 0 Å². The average molecular weight is 248 g/mol. The maximum atomic E-state index is 10.9. The number of hydrogen-bond donors (Lipinski definition) is 1. The lowest BCUT2D eigenvalue weighted by Crippen LogP contribution is -2.36. The number of piperidine rings is 1. The Morgan fingerprint density at radius 3 is 2.67 bits per heavy atom. The summed E-state index contributed by atoms with van der Waals surface area (Å²) in [7, 11) is 0. The molecule has 1 N–H and O–H groups in total. The molecule has 0 spiro atoms. The fourth-order valence-corrected chi connectivity index (χ4v) is 2.32. The highest BCUT2D eigenvalue weighted by molar-refractivity contribution is 5.70. The molecule has 1 aliphatic heterocycles. The summed E-state index contributed by atoms with van der Waals surface area (Å²) in [6, 6.07) is 4.19. The number of carbonyl (C=O) groups is 1. The SMILES string of the molecule is CCc1ccc(CN2CCC(C(=O)O)CC2)nc1. The largest absolute Gasteiger partial charge is 0.481 e. The molecule has 1 aromatic rings. The van der Waals surface area contributed by atoms with E-state index in [1.54, 1.807) is 0 Å². The van der Waals surface area contributed by atoms with Gasteiger partial charge in [0.25, 0.3) is 0 Å². The standard InChI is InChI=1S/C14H20N2O2/c1-2-11-3-4-13(15-9-11)10-16-7-5-12(6-8-16)14(17)18/h3-4,9,12H,2,5-8,10H2,1H3,(H,17,18). The Kier molecular flexibility index (Phi) is 4.31. The van der Waals surface area contributed by atoms with Crippen molar-refractivity contribution in [2.24, 2.45) is 5.92 Å². The molecular formula is C14H20N2O2. The Labute approximate surface area is 108 Å². The van der Waals surface area contributed by atoms with Crippen LogP contribution in [0.15, 0.2) is 18.3 Å². The van der Waals surface area contributed by atoms with E-state index in [0.717, 1.165) is 44.6 Å². The van der Waals surface area contributed by atoms with Gasteiger partial charge in [0.1, 0.15) is 0 Å². The van der Waals surface area contributed by atoms with Crippen LogP contribution in [0.2, 0.25) is 0 Å². The van der Waals surface area contributed by atoms with Crippen LogP contribution in [-0.2, 0) is 17.8 Å².